The molecule has 0 saturated carbocycles. The smallest absolute Gasteiger partial charge is 0.184 e. The van der Waals surface area contributed by atoms with Crippen LogP contribution in [0.25, 0.3) is 10.8 Å². The predicted octanol–water partition coefficient (Wildman–Crippen LogP) is 1.44. The molecule has 2 aromatic heterocycles. The van der Waals surface area contributed by atoms with Crippen LogP contribution in [-0.2, 0) is 0 Å². The maximum absolute atomic E-state index is 11.2. The first-order valence-corrected chi connectivity index (χ1v) is 4.84. The van der Waals surface area contributed by atoms with Crippen LogP contribution in [0.15, 0.2) is 6.33 Å². The lowest BCUT2D eigenvalue weighted by molar-refractivity contribution is 0.102. The summed E-state index contributed by atoms with van der Waals surface area (Å²) in [4.78, 5) is 20.1. The first-order valence-electron chi connectivity index (χ1n) is 4.02. The van der Waals surface area contributed by atoms with Crippen LogP contribution in [-0.4, -0.2) is 25.9 Å². The van der Waals surface area contributed by atoms with E-state index in [0.29, 0.717) is 15.7 Å². The Bertz CT molecular complexity index is 460. The minimum Gasteiger partial charge on any atom is -0.294 e. The van der Waals surface area contributed by atoms with Crippen LogP contribution in [0.1, 0.15) is 22.3 Å². The summed E-state index contributed by atoms with van der Waals surface area (Å²) in [6, 6.07) is 0. The second-order valence-corrected chi connectivity index (χ2v) is 3.82. The molecule has 0 aromatic carbocycles. The van der Waals surface area contributed by atoms with Crippen molar-refractivity contribution in [3.63, 3.8) is 0 Å². The molecule has 0 saturated heterocycles. The molecule has 0 atom stereocenters. The van der Waals surface area contributed by atoms with E-state index in [1.807, 2.05) is 6.92 Å². The fourth-order valence-electron chi connectivity index (χ4n) is 1.13. The third-order valence-electron chi connectivity index (χ3n) is 1.73. The highest BCUT2D eigenvalue weighted by atomic mass is 32.1. The van der Waals surface area contributed by atoms with E-state index in [9.17, 15) is 4.79 Å². The molecule has 0 radical (unpaired) electrons. The topological polar surface area (TPSA) is 71.5 Å². The molecular formula is C8H8N4OS. The van der Waals surface area contributed by atoms with Gasteiger partial charge in [-0.15, -0.1) is 11.3 Å². The zero-order valence-electron chi connectivity index (χ0n) is 7.74. The summed E-state index contributed by atoms with van der Waals surface area (Å²) in [6.45, 7) is 3.35. The lowest BCUT2D eigenvalue weighted by Crippen LogP contribution is -1.89. The first-order chi connectivity index (χ1) is 6.68. The summed E-state index contributed by atoms with van der Waals surface area (Å²) in [5.74, 6) is 0.636. The Kier molecular flexibility index (Phi) is 2.12. The number of aromatic nitrogens is 4. The van der Waals surface area contributed by atoms with Gasteiger partial charge in [0, 0.05) is 6.92 Å². The van der Waals surface area contributed by atoms with Crippen molar-refractivity contribution >= 4 is 17.1 Å². The third kappa shape index (κ3) is 1.44. The van der Waals surface area contributed by atoms with Gasteiger partial charge in [-0.2, -0.15) is 5.10 Å². The molecule has 5 nitrogen and oxygen atoms in total. The molecule has 0 amide bonds. The van der Waals surface area contributed by atoms with Crippen LogP contribution in [0.5, 0.6) is 0 Å². The van der Waals surface area contributed by atoms with Gasteiger partial charge in [0.25, 0.3) is 0 Å². The van der Waals surface area contributed by atoms with E-state index < -0.39 is 0 Å². The SMILES string of the molecule is CC(=O)c1sc(-c2ncn[nH]2)nc1C. The zero-order valence-corrected chi connectivity index (χ0v) is 8.55. The number of aryl methyl sites for hydroxylation is 1. The third-order valence-corrected chi connectivity index (χ3v) is 3.00. The number of carbonyl (C=O) groups excluding carboxylic acids is 1. The summed E-state index contributed by atoms with van der Waals surface area (Å²) < 4.78 is 0. The molecule has 0 bridgehead atoms. The summed E-state index contributed by atoms with van der Waals surface area (Å²) in [5, 5.41) is 7.14. The number of nitrogens with zero attached hydrogens (tertiary/aromatic N) is 3. The fourth-order valence-corrected chi connectivity index (χ4v) is 2.04. The summed E-state index contributed by atoms with van der Waals surface area (Å²) in [7, 11) is 0. The summed E-state index contributed by atoms with van der Waals surface area (Å²) in [6.07, 6.45) is 1.42. The quantitative estimate of drug-likeness (QED) is 0.758. The second-order valence-electron chi connectivity index (χ2n) is 2.82. The Morgan fingerprint density at radius 2 is 2.36 bits per heavy atom. The van der Waals surface area contributed by atoms with E-state index >= 15 is 0 Å². The van der Waals surface area contributed by atoms with E-state index in [4.69, 9.17) is 0 Å². The standard InChI is InChI=1S/C8H8N4OS/c1-4-6(5(2)13)14-8(11-4)7-9-3-10-12-7/h3H,1-2H3,(H,9,10,12). The maximum atomic E-state index is 11.2. The van der Waals surface area contributed by atoms with Gasteiger partial charge in [-0.1, -0.05) is 0 Å². The van der Waals surface area contributed by atoms with Crippen molar-refractivity contribution < 1.29 is 4.79 Å². The number of hydrogen-bond acceptors (Lipinski definition) is 5. The number of aromatic amines is 1. The molecule has 1 N–H and O–H groups in total. The molecule has 6 heteroatoms. The summed E-state index contributed by atoms with van der Waals surface area (Å²) in [5.41, 5.74) is 0.744. The van der Waals surface area contributed by atoms with Crippen LogP contribution in [0.2, 0.25) is 0 Å². The van der Waals surface area contributed by atoms with Crippen LogP contribution in [0.3, 0.4) is 0 Å². The van der Waals surface area contributed by atoms with Gasteiger partial charge in [0.05, 0.1) is 10.6 Å². The molecule has 14 heavy (non-hydrogen) atoms. The van der Waals surface area contributed by atoms with Crippen molar-refractivity contribution in [1.29, 1.82) is 0 Å². The average molecular weight is 208 g/mol. The second kappa shape index (κ2) is 3.30. The van der Waals surface area contributed by atoms with Gasteiger partial charge in [-0.25, -0.2) is 9.97 Å². The van der Waals surface area contributed by atoms with Gasteiger partial charge in [0.2, 0.25) is 0 Å². The molecule has 2 rings (SSSR count). The molecule has 0 aliphatic carbocycles. The Balaban J connectivity index is 2.48. The predicted molar refractivity (Wildman–Crippen MR) is 52.2 cm³/mol. The number of rotatable bonds is 2. The van der Waals surface area contributed by atoms with Gasteiger partial charge in [-0.3, -0.25) is 9.89 Å². The largest absolute Gasteiger partial charge is 0.294 e. The van der Waals surface area contributed by atoms with Crippen molar-refractivity contribution in [2.45, 2.75) is 13.8 Å². The van der Waals surface area contributed by atoms with Gasteiger partial charge in [-0.05, 0) is 6.92 Å². The van der Waals surface area contributed by atoms with Gasteiger partial charge < -0.3 is 0 Å². The fraction of sp³-hybridized carbons (Fsp3) is 0.250. The highest BCUT2D eigenvalue weighted by molar-refractivity contribution is 7.17. The Hall–Kier alpha value is -1.56. The Labute approximate surface area is 84.2 Å². The Morgan fingerprint density at radius 1 is 1.57 bits per heavy atom. The van der Waals surface area contributed by atoms with Gasteiger partial charge in [0.1, 0.15) is 6.33 Å². The van der Waals surface area contributed by atoms with Gasteiger partial charge in [0.15, 0.2) is 16.6 Å². The maximum Gasteiger partial charge on any atom is 0.184 e. The minimum absolute atomic E-state index is 0.0331. The average Bonchev–Trinajstić information content (AvgIpc) is 2.70. The van der Waals surface area contributed by atoms with E-state index in [2.05, 4.69) is 20.2 Å². The monoisotopic (exact) mass is 208 g/mol. The van der Waals surface area contributed by atoms with E-state index in [1.54, 1.807) is 0 Å². The van der Waals surface area contributed by atoms with Crippen molar-refractivity contribution in [2.24, 2.45) is 0 Å². The number of hydrogen-bond donors (Lipinski definition) is 1. The number of carbonyl (C=O) groups is 1. The molecule has 0 unspecified atom stereocenters. The molecule has 2 heterocycles. The molecule has 72 valence electrons. The molecule has 0 aliphatic heterocycles. The van der Waals surface area contributed by atoms with Crippen molar-refractivity contribution in [2.75, 3.05) is 0 Å². The van der Waals surface area contributed by atoms with Gasteiger partial charge >= 0.3 is 0 Å². The molecule has 0 spiro atoms. The number of nitrogens with one attached hydrogen (secondary N) is 1. The highest BCUT2D eigenvalue weighted by Crippen LogP contribution is 2.24. The van der Waals surface area contributed by atoms with Crippen LogP contribution < -0.4 is 0 Å². The molecule has 2 aromatic rings. The lowest BCUT2D eigenvalue weighted by atomic mass is 10.3. The van der Waals surface area contributed by atoms with E-state index in [1.165, 1.54) is 24.6 Å². The number of ketones is 1. The molecule has 0 fully saturated rings. The van der Waals surface area contributed by atoms with E-state index in [-0.39, 0.29) is 5.78 Å². The van der Waals surface area contributed by atoms with Crippen LogP contribution in [0.4, 0.5) is 0 Å². The molecule has 0 aliphatic rings. The number of thiazole rings is 1. The number of H-pyrrole nitrogens is 1. The normalized spacial score (nSPS) is 10.4. The van der Waals surface area contributed by atoms with Crippen molar-refractivity contribution in [3.8, 4) is 10.8 Å². The lowest BCUT2D eigenvalue weighted by Gasteiger charge is -1.85. The summed E-state index contributed by atoms with van der Waals surface area (Å²) >= 11 is 1.33. The highest BCUT2D eigenvalue weighted by Gasteiger charge is 2.13. The minimum atomic E-state index is 0.0331. The van der Waals surface area contributed by atoms with Crippen LogP contribution in [0, 0.1) is 6.92 Å². The molecular weight excluding hydrogens is 200 g/mol. The van der Waals surface area contributed by atoms with Crippen molar-refractivity contribution in [1.82, 2.24) is 20.2 Å². The van der Waals surface area contributed by atoms with E-state index in [0.717, 1.165) is 5.69 Å². The Morgan fingerprint density at radius 3 is 2.86 bits per heavy atom. The number of Topliss-reactive ketones (excluding diaryl/α,β-unsaturated/α-hetero) is 1. The van der Waals surface area contributed by atoms with Crippen molar-refractivity contribution in [3.05, 3.63) is 16.9 Å². The van der Waals surface area contributed by atoms with Crippen LogP contribution >= 0.6 is 11.3 Å². The zero-order chi connectivity index (χ0) is 10.1. The first kappa shape index (κ1) is 9.01.